The van der Waals surface area contributed by atoms with Gasteiger partial charge in [-0.15, -0.1) is 0 Å². The van der Waals surface area contributed by atoms with Gasteiger partial charge in [0.25, 0.3) is 5.91 Å². The van der Waals surface area contributed by atoms with Crippen LogP contribution in [0.3, 0.4) is 0 Å². The molecule has 1 fully saturated rings. The number of nitrogens with zero attached hydrogens (tertiary/aromatic N) is 1. The average Bonchev–Trinajstić information content (AvgIpc) is 3.30. The van der Waals surface area contributed by atoms with Crippen LogP contribution in [-0.4, -0.2) is 55.8 Å². The van der Waals surface area contributed by atoms with Crippen LogP contribution in [0.2, 0.25) is 0 Å². The third kappa shape index (κ3) is 6.56. The van der Waals surface area contributed by atoms with Crippen LogP contribution in [0.1, 0.15) is 39.5 Å². The van der Waals surface area contributed by atoms with Crippen LogP contribution in [0.15, 0.2) is 0 Å². The van der Waals surface area contributed by atoms with Crippen molar-refractivity contribution in [3.8, 4) is 0 Å². The molecule has 0 aromatic carbocycles. The van der Waals surface area contributed by atoms with Crippen molar-refractivity contribution >= 4 is 18.1 Å². The summed E-state index contributed by atoms with van der Waals surface area (Å²) in [6.45, 7) is 5.43. The Kier molecular flexibility index (Phi) is 8.09. The van der Waals surface area contributed by atoms with Crippen LogP contribution >= 0.6 is 0 Å². The second-order valence-electron chi connectivity index (χ2n) is 6.35. The number of ether oxygens (including phenoxy) is 1. The number of hydrogen-bond acceptors (Lipinski definition) is 4. The Morgan fingerprint density at radius 3 is 2.55 bits per heavy atom. The quantitative estimate of drug-likeness (QED) is 0.331. The maximum Gasteiger partial charge on any atom is 0.289 e. The highest BCUT2D eigenvalue weighted by atomic mass is 16.5. The summed E-state index contributed by atoms with van der Waals surface area (Å²) in [5.74, 6) is -0.353. The molecule has 6 nitrogen and oxygen atoms in total. The molecule has 0 aromatic rings. The number of amides is 2. The lowest BCUT2D eigenvalue weighted by atomic mass is 9.98. The molecule has 6 heteroatoms. The van der Waals surface area contributed by atoms with Gasteiger partial charge in [-0.2, -0.15) is 0 Å². The van der Waals surface area contributed by atoms with Crippen molar-refractivity contribution in [2.24, 2.45) is 11.8 Å². The molecule has 1 saturated carbocycles. The molecule has 1 aliphatic rings. The molecule has 1 unspecified atom stereocenters. The molecule has 2 amide bonds. The number of carbonyl (C=O) groups excluding carboxylic acids is 3. The third-order valence-electron chi connectivity index (χ3n) is 3.77. The van der Waals surface area contributed by atoms with E-state index in [1.165, 1.54) is 4.90 Å². The van der Waals surface area contributed by atoms with Crippen molar-refractivity contribution in [2.75, 3.05) is 26.8 Å². The number of rotatable bonds is 12. The Morgan fingerprint density at radius 2 is 2.05 bits per heavy atom. The smallest absolute Gasteiger partial charge is 0.289 e. The average molecular weight is 312 g/mol. The van der Waals surface area contributed by atoms with E-state index < -0.39 is 17.7 Å². The summed E-state index contributed by atoms with van der Waals surface area (Å²) < 4.78 is 4.97. The molecule has 1 aliphatic carbocycles. The lowest BCUT2D eigenvalue weighted by Gasteiger charge is -2.28. The van der Waals surface area contributed by atoms with Crippen LogP contribution in [-0.2, 0) is 19.1 Å². The highest BCUT2D eigenvalue weighted by Crippen LogP contribution is 2.27. The molecule has 126 valence electrons. The van der Waals surface area contributed by atoms with Crippen molar-refractivity contribution in [1.29, 1.82) is 0 Å². The van der Waals surface area contributed by atoms with Gasteiger partial charge in [0.05, 0.1) is 0 Å². The molecule has 0 aromatic heterocycles. The lowest BCUT2D eigenvalue weighted by Crippen LogP contribution is -2.48. The van der Waals surface area contributed by atoms with Gasteiger partial charge in [-0.1, -0.05) is 13.8 Å². The standard InChI is InChI=1S/C16H28N2O4/c1-12(2)9-14(18(11-19)7-4-8-22-3)15(20)16(21)17-10-13-5-6-13/h11-14H,4-10H2,1-3H3,(H,17,21). The van der Waals surface area contributed by atoms with E-state index in [1.54, 1.807) is 7.11 Å². The molecule has 0 aliphatic heterocycles. The molecule has 0 heterocycles. The maximum atomic E-state index is 12.4. The van der Waals surface area contributed by atoms with Crippen molar-refractivity contribution in [3.05, 3.63) is 0 Å². The first-order valence-electron chi connectivity index (χ1n) is 8.01. The van der Waals surface area contributed by atoms with Gasteiger partial charge in [0.15, 0.2) is 0 Å². The predicted octanol–water partition coefficient (Wildman–Crippen LogP) is 0.991. The molecular weight excluding hydrogens is 284 g/mol. The first-order valence-corrected chi connectivity index (χ1v) is 8.01. The van der Waals surface area contributed by atoms with Crippen LogP contribution < -0.4 is 5.32 Å². The first-order chi connectivity index (χ1) is 10.5. The number of carbonyl (C=O) groups is 3. The van der Waals surface area contributed by atoms with E-state index in [-0.39, 0.29) is 5.92 Å². The summed E-state index contributed by atoms with van der Waals surface area (Å²) in [5, 5.41) is 2.69. The largest absolute Gasteiger partial charge is 0.385 e. The van der Waals surface area contributed by atoms with E-state index in [9.17, 15) is 14.4 Å². The zero-order chi connectivity index (χ0) is 16.5. The van der Waals surface area contributed by atoms with Crippen molar-refractivity contribution in [2.45, 2.75) is 45.6 Å². The van der Waals surface area contributed by atoms with Crippen LogP contribution in [0.5, 0.6) is 0 Å². The maximum absolute atomic E-state index is 12.4. The van der Waals surface area contributed by atoms with Gasteiger partial charge in [-0.05, 0) is 37.5 Å². The van der Waals surface area contributed by atoms with Gasteiger partial charge >= 0.3 is 0 Å². The zero-order valence-electron chi connectivity index (χ0n) is 13.8. The SMILES string of the molecule is COCCCN(C=O)C(CC(C)C)C(=O)C(=O)NCC1CC1. The molecule has 1 N–H and O–H groups in total. The Balaban J connectivity index is 2.63. The number of ketones is 1. The molecule has 1 atom stereocenters. The van der Waals surface area contributed by atoms with E-state index >= 15 is 0 Å². The summed E-state index contributed by atoms with van der Waals surface area (Å²) in [6, 6.07) is -0.687. The van der Waals surface area contributed by atoms with Crippen molar-refractivity contribution in [3.63, 3.8) is 0 Å². The van der Waals surface area contributed by atoms with E-state index in [1.807, 2.05) is 13.8 Å². The fraction of sp³-hybridized carbons (Fsp3) is 0.812. The highest BCUT2D eigenvalue weighted by Gasteiger charge is 2.31. The number of methoxy groups -OCH3 is 1. The molecular formula is C16H28N2O4. The molecule has 0 radical (unpaired) electrons. The van der Waals surface area contributed by atoms with Gasteiger partial charge in [-0.25, -0.2) is 0 Å². The summed E-state index contributed by atoms with van der Waals surface area (Å²) >= 11 is 0. The molecule has 0 saturated heterocycles. The summed E-state index contributed by atoms with van der Waals surface area (Å²) in [7, 11) is 1.59. The zero-order valence-corrected chi connectivity index (χ0v) is 13.8. The Labute approximate surface area is 132 Å². The Hall–Kier alpha value is -1.43. The van der Waals surface area contributed by atoms with Gasteiger partial charge < -0.3 is 15.0 Å². The van der Waals surface area contributed by atoms with Gasteiger partial charge in [0, 0.05) is 26.8 Å². The van der Waals surface area contributed by atoms with Crippen LogP contribution in [0.4, 0.5) is 0 Å². The number of hydrogen-bond donors (Lipinski definition) is 1. The topological polar surface area (TPSA) is 75.7 Å². The van der Waals surface area contributed by atoms with Crippen LogP contribution in [0.25, 0.3) is 0 Å². The predicted molar refractivity (Wildman–Crippen MR) is 83.2 cm³/mol. The molecule has 22 heavy (non-hydrogen) atoms. The number of Topliss-reactive ketones (excluding diaryl/α,β-unsaturated/α-hetero) is 1. The summed E-state index contributed by atoms with van der Waals surface area (Å²) in [6.07, 6.45) is 4.01. The second-order valence-corrected chi connectivity index (χ2v) is 6.35. The third-order valence-corrected chi connectivity index (χ3v) is 3.77. The summed E-state index contributed by atoms with van der Waals surface area (Å²) in [4.78, 5) is 37.2. The van der Waals surface area contributed by atoms with E-state index in [2.05, 4.69) is 5.32 Å². The van der Waals surface area contributed by atoms with Crippen molar-refractivity contribution < 1.29 is 19.1 Å². The molecule has 0 spiro atoms. The van der Waals surface area contributed by atoms with Gasteiger partial charge in [0.2, 0.25) is 12.2 Å². The minimum atomic E-state index is -0.687. The first kappa shape index (κ1) is 18.6. The molecule has 1 rings (SSSR count). The van der Waals surface area contributed by atoms with Gasteiger partial charge in [-0.3, -0.25) is 14.4 Å². The Bertz CT molecular complexity index is 380. The van der Waals surface area contributed by atoms with E-state index in [0.29, 0.717) is 44.9 Å². The number of nitrogens with one attached hydrogen (secondary N) is 1. The monoisotopic (exact) mass is 312 g/mol. The minimum Gasteiger partial charge on any atom is -0.385 e. The summed E-state index contributed by atoms with van der Waals surface area (Å²) in [5.41, 5.74) is 0. The highest BCUT2D eigenvalue weighted by molar-refractivity contribution is 6.38. The minimum absolute atomic E-state index is 0.218. The molecule has 0 bridgehead atoms. The van der Waals surface area contributed by atoms with Crippen LogP contribution in [0, 0.1) is 11.8 Å². The lowest BCUT2D eigenvalue weighted by molar-refractivity contribution is -0.143. The van der Waals surface area contributed by atoms with E-state index in [0.717, 1.165) is 12.8 Å². The van der Waals surface area contributed by atoms with Gasteiger partial charge in [0.1, 0.15) is 6.04 Å². The Morgan fingerprint density at radius 1 is 1.36 bits per heavy atom. The fourth-order valence-corrected chi connectivity index (χ4v) is 2.31. The normalized spacial score (nSPS) is 15.5. The van der Waals surface area contributed by atoms with Crippen molar-refractivity contribution in [1.82, 2.24) is 10.2 Å². The second kappa shape index (κ2) is 9.56. The fourth-order valence-electron chi connectivity index (χ4n) is 2.31. The van der Waals surface area contributed by atoms with E-state index in [4.69, 9.17) is 4.74 Å².